The van der Waals surface area contributed by atoms with Gasteiger partial charge in [-0.05, 0) is 38.0 Å². The van der Waals surface area contributed by atoms with Gasteiger partial charge >= 0.3 is 6.03 Å². The highest BCUT2D eigenvalue weighted by atomic mass is 16.5. The molecule has 2 N–H and O–H groups in total. The number of ether oxygens (including phenoxy) is 1. The molecule has 1 aliphatic heterocycles. The number of pyridine rings is 1. The Hall–Kier alpha value is -2.60. The monoisotopic (exact) mass is 341 g/mol. The number of hydrogen-bond acceptors (Lipinski definition) is 3. The van der Waals surface area contributed by atoms with E-state index in [1.165, 1.54) is 5.56 Å². The summed E-state index contributed by atoms with van der Waals surface area (Å²) in [6.45, 7) is 5.05. The minimum atomic E-state index is -0.382. The summed E-state index contributed by atoms with van der Waals surface area (Å²) in [5.74, 6) is 0. The number of nitrogens with one attached hydrogen (secondary N) is 2. The number of carbonyl (C=O) groups excluding carboxylic acids is 1. The third kappa shape index (κ3) is 4.28. The van der Waals surface area contributed by atoms with Gasteiger partial charge < -0.3 is 19.9 Å². The summed E-state index contributed by atoms with van der Waals surface area (Å²) in [6, 6.07) is 11.0. The first-order valence-corrected chi connectivity index (χ1v) is 8.47. The second-order valence-electron chi connectivity index (χ2n) is 6.41. The van der Waals surface area contributed by atoms with Crippen molar-refractivity contribution in [1.29, 1.82) is 0 Å². The molecule has 2 amide bonds. The van der Waals surface area contributed by atoms with Crippen molar-refractivity contribution in [2.24, 2.45) is 0 Å². The summed E-state index contributed by atoms with van der Waals surface area (Å²) < 4.78 is 7.01. The van der Waals surface area contributed by atoms with Gasteiger partial charge in [-0.25, -0.2) is 4.79 Å². The molecule has 132 valence electrons. The first-order valence-electron chi connectivity index (χ1n) is 8.47. The maximum atomic E-state index is 12.6. The summed E-state index contributed by atoms with van der Waals surface area (Å²) in [5.41, 5.74) is 2.24. The second kappa shape index (κ2) is 7.53. The Bertz CT molecular complexity index is 798. The van der Waals surface area contributed by atoms with Crippen molar-refractivity contribution >= 4 is 11.7 Å². The number of amides is 2. The predicted octanol–water partition coefficient (Wildman–Crippen LogP) is 2.50. The molecule has 0 saturated carbocycles. The molecule has 0 spiro atoms. The molecule has 1 fully saturated rings. The summed E-state index contributed by atoms with van der Waals surface area (Å²) in [5, 5.41) is 5.51. The number of anilines is 1. The number of rotatable bonds is 4. The zero-order valence-corrected chi connectivity index (χ0v) is 14.5. The van der Waals surface area contributed by atoms with Crippen LogP contribution in [0.5, 0.6) is 0 Å². The molecule has 2 heterocycles. The van der Waals surface area contributed by atoms with E-state index in [1.807, 2.05) is 38.1 Å². The van der Waals surface area contributed by atoms with Crippen LogP contribution in [-0.2, 0) is 11.3 Å². The van der Waals surface area contributed by atoms with E-state index in [4.69, 9.17) is 4.74 Å². The van der Waals surface area contributed by atoms with E-state index in [1.54, 1.807) is 22.9 Å². The van der Waals surface area contributed by atoms with Crippen LogP contribution >= 0.6 is 0 Å². The van der Waals surface area contributed by atoms with E-state index in [0.717, 1.165) is 12.0 Å². The van der Waals surface area contributed by atoms with Crippen molar-refractivity contribution in [2.75, 3.05) is 11.9 Å². The summed E-state index contributed by atoms with van der Waals surface area (Å²) in [4.78, 5) is 24.7. The average Bonchev–Trinajstić information content (AvgIpc) is 2.98. The highest BCUT2D eigenvalue weighted by Crippen LogP contribution is 2.12. The van der Waals surface area contributed by atoms with E-state index in [9.17, 15) is 9.59 Å². The number of urea groups is 1. The number of aromatic nitrogens is 1. The van der Waals surface area contributed by atoms with Crippen LogP contribution in [0.2, 0.25) is 0 Å². The third-order valence-electron chi connectivity index (χ3n) is 4.43. The summed E-state index contributed by atoms with van der Waals surface area (Å²) >= 11 is 0. The Kier molecular flexibility index (Phi) is 5.19. The lowest BCUT2D eigenvalue weighted by Gasteiger charge is -2.16. The molecule has 6 heteroatoms. The number of carbonyl (C=O) groups is 1. The van der Waals surface area contributed by atoms with Crippen molar-refractivity contribution in [2.45, 2.75) is 39.0 Å². The molecule has 0 radical (unpaired) electrons. The number of benzene rings is 1. The summed E-state index contributed by atoms with van der Waals surface area (Å²) in [7, 11) is 0. The fourth-order valence-electron chi connectivity index (χ4n) is 2.89. The van der Waals surface area contributed by atoms with Crippen molar-refractivity contribution in [3.05, 3.63) is 64.1 Å². The Morgan fingerprint density at radius 1 is 1.28 bits per heavy atom. The maximum Gasteiger partial charge on any atom is 0.319 e. The third-order valence-corrected chi connectivity index (χ3v) is 4.43. The molecule has 1 saturated heterocycles. The Morgan fingerprint density at radius 3 is 2.72 bits per heavy atom. The van der Waals surface area contributed by atoms with E-state index in [-0.39, 0.29) is 29.4 Å². The zero-order chi connectivity index (χ0) is 17.8. The number of aryl methyl sites for hydroxylation is 1. The number of nitrogens with zero attached hydrogens (tertiary/aromatic N) is 1. The molecule has 0 aliphatic carbocycles. The van der Waals surface area contributed by atoms with E-state index < -0.39 is 0 Å². The van der Waals surface area contributed by atoms with Gasteiger partial charge in [-0.2, -0.15) is 0 Å². The van der Waals surface area contributed by atoms with Gasteiger partial charge in [0.05, 0.1) is 18.7 Å². The van der Waals surface area contributed by atoms with Crippen LogP contribution in [0.3, 0.4) is 0 Å². The Balaban J connectivity index is 1.69. The predicted molar refractivity (Wildman–Crippen MR) is 97.0 cm³/mol. The smallest absolute Gasteiger partial charge is 0.319 e. The minimum absolute atomic E-state index is 0.0141. The van der Waals surface area contributed by atoms with Crippen molar-refractivity contribution < 1.29 is 9.53 Å². The zero-order valence-electron chi connectivity index (χ0n) is 14.5. The first-order chi connectivity index (χ1) is 12.0. The molecule has 1 aliphatic rings. The van der Waals surface area contributed by atoms with Crippen molar-refractivity contribution in [3.63, 3.8) is 0 Å². The lowest BCUT2D eigenvalue weighted by molar-refractivity contribution is 0.114. The quantitative estimate of drug-likeness (QED) is 0.897. The van der Waals surface area contributed by atoms with E-state index >= 15 is 0 Å². The van der Waals surface area contributed by atoms with Crippen LogP contribution in [0.25, 0.3) is 0 Å². The fraction of sp³-hybridized carbons (Fsp3) is 0.368. The van der Waals surface area contributed by atoms with E-state index in [2.05, 4.69) is 10.6 Å². The van der Waals surface area contributed by atoms with Crippen LogP contribution in [0.1, 0.15) is 24.5 Å². The van der Waals surface area contributed by atoms with Gasteiger partial charge in [-0.15, -0.1) is 0 Å². The van der Waals surface area contributed by atoms with Crippen molar-refractivity contribution in [3.8, 4) is 0 Å². The molecule has 3 rings (SSSR count). The molecule has 0 bridgehead atoms. The standard InChI is InChI=1S/C19H23N3O3/c1-13-5-7-15(8-6-13)12-22-10-3-4-17(18(22)23)21-19(24)20-16-9-11-25-14(16)2/h3-8,10,14,16H,9,11-12H2,1-2H3,(H2,20,21,24)/t14-,16+/m0/s1. The van der Waals surface area contributed by atoms with Crippen LogP contribution in [0.4, 0.5) is 10.5 Å². The Labute approximate surface area is 146 Å². The lowest BCUT2D eigenvalue weighted by atomic mass is 10.1. The van der Waals surface area contributed by atoms with Gasteiger partial charge in [0.1, 0.15) is 5.69 Å². The second-order valence-corrected chi connectivity index (χ2v) is 6.41. The van der Waals surface area contributed by atoms with E-state index in [0.29, 0.717) is 13.2 Å². The first kappa shape index (κ1) is 17.2. The fourth-order valence-corrected chi connectivity index (χ4v) is 2.89. The van der Waals surface area contributed by atoms with Crippen LogP contribution < -0.4 is 16.2 Å². The molecule has 0 unspecified atom stereocenters. The van der Waals surface area contributed by atoms with Gasteiger partial charge in [0.25, 0.3) is 5.56 Å². The van der Waals surface area contributed by atoms with Gasteiger partial charge in [0.2, 0.25) is 0 Å². The molecule has 6 nitrogen and oxygen atoms in total. The maximum absolute atomic E-state index is 12.6. The van der Waals surface area contributed by atoms with Crippen molar-refractivity contribution in [1.82, 2.24) is 9.88 Å². The average molecular weight is 341 g/mol. The van der Waals surface area contributed by atoms with Crippen LogP contribution in [0, 0.1) is 6.92 Å². The molecule has 25 heavy (non-hydrogen) atoms. The van der Waals surface area contributed by atoms with Gasteiger partial charge in [-0.1, -0.05) is 29.8 Å². The molecule has 2 aromatic rings. The largest absolute Gasteiger partial charge is 0.376 e. The molecule has 1 aromatic heterocycles. The minimum Gasteiger partial charge on any atom is -0.376 e. The molecular weight excluding hydrogens is 318 g/mol. The highest BCUT2D eigenvalue weighted by molar-refractivity contribution is 5.89. The van der Waals surface area contributed by atoms with Crippen LogP contribution in [0.15, 0.2) is 47.4 Å². The number of hydrogen-bond donors (Lipinski definition) is 2. The lowest BCUT2D eigenvalue weighted by Crippen LogP contribution is -2.42. The molecule has 1 aromatic carbocycles. The summed E-state index contributed by atoms with van der Waals surface area (Å²) in [6.07, 6.45) is 2.49. The van der Waals surface area contributed by atoms with Crippen LogP contribution in [-0.4, -0.2) is 29.4 Å². The van der Waals surface area contributed by atoms with Gasteiger partial charge in [0, 0.05) is 12.8 Å². The van der Waals surface area contributed by atoms with Gasteiger partial charge in [-0.3, -0.25) is 4.79 Å². The topological polar surface area (TPSA) is 72.4 Å². The molecular formula is C19H23N3O3. The van der Waals surface area contributed by atoms with Gasteiger partial charge in [0.15, 0.2) is 0 Å². The normalized spacial score (nSPS) is 19.6. The molecule has 2 atom stereocenters. The Morgan fingerprint density at radius 2 is 2.04 bits per heavy atom. The highest BCUT2D eigenvalue weighted by Gasteiger charge is 2.25. The SMILES string of the molecule is Cc1ccc(Cn2cccc(NC(=O)N[C@@H]3CCO[C@H]3C)c2=O)cc1.